The molecule has 2 aromatic carbocycles. The number of nitrogens with one attached hydrogen (secondary N) is 1. The highest BCUT2D eigenvalue weighted by molar-refractivity contribution is 6.35. The second-order valence-electron chi connectivity index (χ2n) is 5.97. The first-order chi connectivity index (χ1) is 12.3. The number of halogens is 2. The van der Waals surface area contributed by atoms with Crippen molar-refractivity contribution in [3.63, 3.8) is 0 Å². The van der Waals surface area contributed by atoms with E-state index in [2.05, 4.69) is 5.32 Å². The van der Waals surface area contributed by atoms with Crippen LogP contribution in [0.4, 0.5) is 5.69 Å². The molecule has 0 aromatic heterocycles. The van der Waals surface area contributed by atoms with E-state index in [4.69, 9.17) is 32.7 Å². The van der Waals surface area contributed by atoms with Crippen molar-refractivity contribution in [2.45, 2.75) is 13.8 Å². The molecule has 0 atom stereocenters. The first-order valence-electron chi connectivity index (χ1n) is 8.00. The Kier molecular flexibility index (Phi) is 7.30. The molecule has 0 aliphatic carbocycles. The third-order valence-corrected chi connectivity index (χ3v) is 3.79. The molecule has 1 amide bonds. The molecule has 2 rings (SSSR count). The number of rotatable bonds is 7. The zero-order chi connectivity index (χ0) is 19.1. The zero-order valence-corrected chi connectivity index (χ0v) is 15.9. The molecule has 0 heterocycles. The fourth-order valence-corrected chi connectivity index (χ4v) is 2.27. The van der Waals surface area contributed by atoms with E-state index in [1.54, 1.807) is 42.5 Å². The smallest absolute Gasteiger partial charge is 0.344 e. The monoisotopic (exact) mass is 395 g/mol. The number of esters is 1. The molecule has 0 bridgehead atoms. The van der Waals surface area contributed by atoms with Gasteiger partial charge in [0.25, 0.3) is 5.91 Å². The molecule has 0 saturated carbocycles. The number of carbonyl (C=O) groups is 2. The van der Waals surface area contributed by atoms with E-state index in [1.807, 2.05) is 13.8 Å². The fraction of sp³-hybridized carbons (Fsp3) is 0.263. The molecular weight excluding hydrogens is 377 g/mol. The normalized spacial score (nSPS) is 10.5. The van der Waals surface area contributed by atoms with E-state index in [0.717, 1.165) is 0 Å². The Bertz CT molecular complexity index is 776. The summed E-state index contributed by atoms with van der Waals surface area (Å²) >= 11 is 11.9. The summed E-state index contributed by atoms with van der Waals surface area (Å²) in [4.78, 5) is 23.8. The lowest BCUT2D eigenvalue weighted by molar-refractivity contribution is -0.147. The van der Waals surface area contributed by atoms with Gasteiger partial charge in [-0.3, -0.25) is 4.79 Å². The first-order valence-corrected chi connectivity index (χ1v) is 8.75. The van der Waals surface area contributed by atoms with Crippen LogP contribution in [0.1, 0.15) is 24.2 Å². The summed E-state index contributed by atoms with van der Waals surface area (Å²) in [7, 11) is 0. The molecule has 0 aliphatic rings. The number of carbonyl (C=O) groups excluding carboxylic acids is 2. The van der Waals surface area contributed by atoms with Gasteiger partial charge in [0.15, 0.2) is 6.61 Å². The molecule has 5 nitrogen and oxygen atoms in total. The van der Waals surface area contributed by atoms with E-state index in [1.165, 1.54) is 0 Å². The van der Waals surface area contributed by atoms with Crippen molar-refractivity contribution in [3.8, 4) is 5.75 Å². The highest BCUT2D eigenvalue weighted by atomic mass is 35.5. The summed E-state index contributed by atoms with van der Waals surface area (Å²) in [6.45, 7) is 4.08. The van der Waals surface area contributed by atoms with Crippen LogP contribution in [0.3, 0.4) is 0 Å². The zero-order valence-electron chi connectivity index (χ0n) is 14.4. The molecule has 0 saturated heterocycles. The third kappa shape index (κ3) is 6.24. The van der Waals surface area contributed by atoms with Crippen LogP contribution < -0.4 is 10.1 Å². The van der Waals surface area contributed by atoms with Crippen molar-refractivity contribution in [1.29, 1.82) is 0 Å². The molecule has 26 heavy (non-hydrogen) atoms. The van der Waals surface area contributed by atoms with Crippen molar-refractivity contribution in [2.75, 3.05) is 18.5 Å². The number of amides is 1. The topological polar surface area (TPSA) is 64.6 Å². The van der Waals surface area contributed by atoms with Crippen molar-refractivity contribution >= 4 is 40.8 Å². The Morgan fingerprint density at radius 1 is 1.08 bits per heavy atom. The maximum absolute atomic E-state index is 12.3. The number of ether oxygens (including phenoxy) is 2. The Labute approximate surface area is 162 Å². The molecule has 0 aliphatic heterocycles. The van der Waals surface area contributed by atoms with Crippen LogP contribution in [0.5, 0.6) is 5.75 Å². The maximum Gasteiger partial charge on any atom is 0.344 e. The Balaban J connectivity index is 1.91. The standard InChI is InChI=1S/C19H19Cl2NO4/c1-12(2)10-26-18(23)11-25-15-6-3-13(4-7-15)19(24)22-17-9-14(20)5-8-16(17)21/h3-9,12H,10-11H2,1-2H3,(H,22,24). The molecule has 0 spiro atoms. The molecule has 0 unspecified atom stereocenters. The fourth-order valence-electron chi connectivity index (χ4n) is 1.93. The van der Waals surface area contributed by atoms with Gasteiger partial charge in [0.1, 0.15) is 5.75 Å². The number of hydrogen-bond acceptors (Lipinski definition) is 4. The van der Waals surface area contributed by atoms with Gasteiger partial charge in [0, 0.05) is 10.6 Å². The van der Waals surface area contributed by atoms with Gasteiger partial charge in [0.2, 0.25) is 0 Å². The molecule has 7 heteroatoms. The Morgan fingerprint density at radius 3 is 2.42 bits per heavy atom. The Hall–Kier alpha value is -2.24. The predicted octanol–water partition coefficient (Wildman–Crippen LogP) is 4.82. The quantitative estimate of drug-likeness (QED) is 0.682. The van der Waals surface area contributed by atoms with Crippen molar-refractivity contribution in [2.24, 2.45) is 5.92 Å². The molecule has 0 fully saturated rings. The average Bonchev–Trinajstić information content (AvgIpc) is 2.61. The minimum Gasteiger partial charge on any atom is -0.482 e. The lowest BCUT2D eigenvalue weighted by Crippen LogP contribution is -2.17. The van der Waals surface area contributed by atoms with Crippen LogP contribution in [0.25, 0.3) is 0 Å². The number of benzene rings is 2. The summed E-state index contributed by atoms with van der Waals surface area (Å²) in [6, 6.07) is 11.2. The minimum absolute atomic E-state index is 0.184. The van der Waals surface area contributed by atoms with Gasteiger partial charge in [-0.05, 0) is 48.4 Å². The largest absolute Gasteiger partial charge is 0.482 e. The van der Waals surface area contributed by atoms with Crippen LogP contribution in [0.15, 0.2) is 42.5 Å². The van der Waals surface area contributed by atoms with Gasteiger partial charge in [-0.25, -0.2) is 4.79 Å². The Morgan fingerprint density at radius 2 is 1.77 bits per heavy atom. The van der Waals surface area contributed by atoms with E-state index in [9.17, 15) is 9.59 Å². The van der Waals surface area contributed by atoms with Gasteiger partial charge in [0.05, 0.1) is 17.3 Å². The molecule has 0 radical (unpaired) electrons. The maximum atomic E-state index is 12.3. The lowest BCUT2D eigenvalue weighted by Gasteiger charge is -2.10. The third-order valence-electron chi connectivity index (χ3n) is 3.23. The van der Waals surface area contributed by atoms with E-state index >= 15 is 0 Å². The SMILES string of the molecule is CC(C)COC(=O)COc1ccc(C(=O)Nc2cc(Cl)ccc2Cl)cc1. The van der Waals surface area contributed by atoms with Gasteiger partial charge in [-0.15, -0.1) is 0 Å². The molecule has 2 aromatic rings. The molecule has 138 valence electrons. The number of anilines is 1. The van der Waals surface area contributed by atoms with Crippen LogP contribution in [0, 0.1) is 5.92 Å². The summed E-state index contributed by atoms with van der Waals surface area (Å²) in [6.07, 6.45) is 0. The van der Waals surface area contributed by atoms with Gasteiger partial charge >= 0.3 is 5.97 Å². The summed E-state index contributed by atoms with van der Waals surface area (Å²) in [5.74, 6) is -0.0400. The highest BCUT2D eigenvalue weighted by Crippen LogP contribution is 2.26. The predicted molar refractivity (Wildman–Crippen MR) is 102 cm³/mol. The number of hydrogen-bond donors (Lipinski definition) is 1. The second kappa shape index (κ2) is 9.46. The van der Waals surface area contributed by atoms with Crippen LogP contribution >= 0.6 is 23.2 Å². The van der Waals surface area contributed by atoms with Crippen molar-refractivity contribution < 1.29 is 19.1 Å². The lowest BCUT2D eigenvalue weighted by atomic mass is 10.2. The van der Waals surface area contributed by atoms with Gasteiger partial charge < -0.3 is 14.8 Å². The van der Waals surface area contributed by atoms with Crippen LogP contribution in [-0.2, 0) is 9.53 Å². The van der Waals surface area contributed by atoms with Gasteiger partial charge in [-0.2, -0.15) is 0 Å². The van der Waals surface area contributed by atoms with E-state index in [0.29, 0.717) is 33.7 Å². The molecular formula is C19H19Cl2NO4. The van der Waals surface area contributed by atoms with Crippen molar-refractivity contribution in [3.05, 3.63) is 58.1 Å². The van der Waals surface area contributed by atoms with Crippen LogP contribution in [0.2, 0.25) is 10.0 Å². The summed E-state index contributed by atoms with van der Waals surface area (Å²) in [5, 5.41) is 3.56. The molecule has 1 N–H and O–H groups in total. The van der Waals surface area contributed by atoms with Crippen molar-refractivity contribution in [1.82, 2.24) is 0 Å². The van der Waals surface area contributed by atoms with Gasteiger partial charge in [-0.1, -0.05) is 37.0 Å². The van der Waals surface area contributed by atoms with E-state index < -0.39 is 5.97 Å². The second-order valence-corrected chi connectivity index (χ2v) is 6.81. The highest BCUT2D eigenvalue weighted by Gasteiger charge is 2.10. The summed E-state index contributed by atoms with van der Waals surface area (Å²) in [5.41, 5.74) is 0.841. The summed E-state index contributed by atoms with van der Waals surface area (Å²) < 4.78 is 10.4. The minimum atomic E-state index is -0.434. The first kappa shape index (κ1) is 20.1. The van der Waals surface area contributed by atoms with Crippen LogP contribution in [-0.4, -0.2) is 25.1 Å². The average molecular weight is 396 g/mol. The van der Waals surface area contributed by atoms with E-state index in [-0.39, 0.29) is 18.4 Å².